The van der Waals surface area contributed by atoms with Gasteiger partial charge in [0.15, 0.2) is 5.58 Å². The molecule has 0 aliphatic rings. The fraction of sp³-hybridized carbons (Fsp3) is 0.381. The van der Waals surface area contributed by atoms with Crippen molar-refractivity contribution in [3.05, 3.63) is 62.1 Å². The van der Waals surface area contributed by atoms with Crippen molar-refractivity contribution >= 4 is 22.7 Å². The lowest BCUT2D eigenvalue weighted by atomic mass is 10.0. The second-order valence-corrected chi connectivity index (χ2v) is 7.24. The van der Waals surface area contributed by atoms with E-state index in [1.807, 2.05) is 6.92 Å². The number of oxazole rings is 1. The van der Waals surface area contributed by atoms with Gasteiger partial charge in [-0.3, -0.25) is 9.36 Å². The molecule has 1 amide bonds. The Kier molecular flexibility index (Phi) is 5.53. The first kappa shape index (κ1) is 19.7. The highest BCUT2D eigenvalue weighted by Crippen LogP contribution is 2.19. The van der Waals surface area contributed by atoms with Crippen molar-refractivity contribution in [2.45, 2.75) is 47.1 Å². The lowest BCUT2D eigenvalue weighted by Gasteiger charge is -2.09. The number of carbonyl (C=O) groups excluding carboxylic acids is 1. The maximum absolute atomic E-state index is 12.6. The van der Waals surface area contributed by atoms with Crippen molar-refractivity contribution in [3.63, 3.8) is 0 Å². The maximum Gasteiger partial charge on any atom is 0.419 e. The maximum atomic E-state index is 12.6. The Bertz CT molecular complexity index is 1130. The van der Waals surface area contributed by atoms with E-state index in [1.165, 1.54) is 4.57 Å². The zero-order valence-electron chi connectivity index (χ0n) is 16.5. The van der Waals surface area contributed by atoms with Gasteiger partial charge in [0.25, 0.3) is 5.91 Å². The summed E-state index contributed by atoms with van der Waals surface area (Å²) < 4.78 is 12.0. The summed E-state index contributed by atoms with van der Waals surface area (Å²) in [6.45, 7) is 8.25. The zero-order valence-corrected chi connectivity index (χ0v) is 16.5. The van der Waals surface area contributed by atoms with Crippen molar-refractivity contribution in [2.24, 2.45) is 5.92 Å². The second-order valence-electron chi connectivity index (χ2n) is 7.24. The predicted molar refractivity (Wildman–Crippen MR) is 107 cm³/mol. The smallest absolute Gasteiger partial charge is 0.419 e. The van der Waals surface area contributed by atoms with Crippen LogP contribution in [0.3, 0.4) is 0 Å². The van der Waals surface area contributed by atoms with E-state index in [0.717, 1.165) is 6.42 Å². The number of fused-ring (bicyclic) bond motifs is 1. The first-order valence-electron chi connectivity index (χ1n) is 9.38. The summed E-state index contributed by atoms with van der Waals surface area (Å²) in [7, 11) is 0. The number of aryl methyl sites for hydroxylation is 3. The Morgan fingerprint density at radius 2 is 1.93 bits per heavy atom. The number of nitrogens with zero attached hydrogens (tertiary/aromatic N) is 1. The molecule has 0 unspecified atom stereocenters. The van der Waals surface area contributed by atoms with Crippen LogP contribution < -0.4 is 16.7 Å². The molecule has 2 heterocycles. The van der Waals surface area contributed by atoms with E-state index < -0.39 is 17.3 Å². The minimum Gasteiger partial charge on any atom is -0.427 e. The molecule has 1 aromatic carbocycles. The molecule has 0 saturated carbocycles. The fourth-order valence-corrected chi connectivity index (χ4v) is 3.14. The molecule has 0 atom stereocenters. The standard InChI is InChI=1S/C21H24N2O5/c1-5-23-16-9-7-14(11-17(16)28-21(23)26)22-19(24)18-13(4)10-15(27-20(18)25)8-6-12(2)3/h7,9-12H,5-6,8H2,1-4H3,(H,22,24). The largest absolute Gasteiger partial charge is 0.427 e. The van der Waals surface area contributed by atoms with Crippen molar-refractivity contribution in [1.82, 2.24) is 4.57 Å². The van der Waals surface area contributed by atoms with Gasteiger partial charge in [0, 0.05) is 24.7 Å². The van der Waals surface area contributed by atoms with E-state index in [9.17, 15) is 14.4 Å². The van der Waals surface area contributed by atoms with Gasteiger partial charge >= 0.3 is 11.4 Å². The highest BCUT2D eigenvalue weighted by atomic mass is 16.4. The summed E-state index contributed by atoms with van der Waals surface area (Å²) in [5.74, 6) is 0.0655. The molecule has 0 radical (unpaired) electrons. The molecule has 0 aliphatic carbocycles. The Labute approximate surface area is 162 Å². The van der Waals surface area contributed by atoms with Crippen molar-refractivity contribution in [2.75, 3.05) is 5.32 Å². The molecule has 2 aromatic heterocycles. The Morgan fingerprint density at radius 3 is 2.57 bits per heavy atom. The molecule has 0 spiro atoms. The summed E-state index contributed by atoms with van der Waals surface area (Å²) in [6.07, 6.45) is 1.55. The van der Waals surface area contributed by atoms with Gasteiger partial charge in [-0.1, -0.05) is 13.8 Å². The van der Waals surface area contributed by atoms with Crippen LogP contribution >= 0.6 is 0 Å². The number of nitrogens with one attached hydrogen (secondary N) is 1. The van der Waals surface area contributed by atoms with Gasteiger partial charge in [-0.15, -0.1) is 0 Å². The van der Waals surface area contributed by atoms with Gasteiger partial charge in [0.2, 0.25) is 0 Å². The van der Waals surface area contributed by atoms with E-state index in [4.69, 9.17) is 8.83 Å². The van der Waals surface area contributed by atoms with Gasteiger partial charge < -0.3 is 14.2 Å². The van der Waals surface area contributed by atoms with Gasteiger partial charge in [0.1, 0.15) is 11.3 Å². The van der Waals surface area contributed by atoms with Gasteiger partial charge in [-0.25, -0.2) is 9.59 Å². The summed E-state index contributed by atoms with van der Waals surface area (Å²) in [6, 6.07) is 6.66. The molecule has 3 aromatic rings. The van der Waals surface area contributed by atoms with Crippen molar-refractivity contribution in [1.29, 1.82) is 0 Å². The highest BCUT2D eigenvalue weighted by Gasteiger charge is 2.18. The highest BCUT2D eigenvalue weighted by molar-refractivity contribution is 6.05. The van der Waals surface area contributed by atoms with Crippen LogP contribution in [-0.4, -0.2) is 10.5 Å². The van der Waals surface area contributed by atoms with E-state index in [0.29, 0.717) is 47.0 Å². The number of amides is 1. The predicted octanol–water partition coefficient (Wildman–Crippen LogP) is 3.72. The quantitative estimate of drug-likeness (QED) is 0.699. The molecule has 1 N–H and O–H groups in total. The van der Waals surface area contributed by atoms with Crippen LogP contribution in [-0.2, 0) is 13.0 Å². The molecule has 0 fully saturated rings. The average molecular weight is 384 g/mol. The monoisotopic (exact) mass is 384 g/mol. The van der Waals surface area contributed by atoms with Crippen LogP contribution in [0, 0.1) is 12.8 Å². The lowest BCUT2D eigenvalue weighted by Crippen LogP contribution is -2.23. The third-order valence-electron chi connectivity index (χ3n) is 4.64. The molecule has 148 valence electrons. The number of benzene rings is 1. The third kappa shape index (κ3) is 3.93. The fourth-order valence-electron chi connectivity index (χ4n) is 3.14. The number of anilines is 1. The minimum absolute atomic E-state index is 0.0269. The normalized spacial score (nSPS) is 11.3. The average Bonchev–Trinajstić information content (AvgIpc) is 2.93. The van der Waals surface area contributed by atoms with Crippen LogP contribution in [0.5, 0.6) is 0 Å². The molecule has 28 heavy (non-hydrogen) atoms. The first-order chi connectivity index (χ1) is 13.3. The number of hydrogen-bond acceptors (Lipinski definition) is 5. The number of rotatable bonds is 6. The van der Waals surface area contributed by atoms with Gasteiger partial charge in [-0.05, 0) is 49.9 Å². The molecule has 7 nitrogen and oxygen atoms in total. The summed E-state index contributed by atoms with van der Waals surface area (Å²) in [5.41, 5.74) is 1.34. The molecular formula is C21H24N2O5. The van der Waals surface area contributed by atoms with Crippen LogP contribution in [0.1, 0.15) is 48.9 Å². The van der Waals surface area contributed by atoms with Crippen molar-refractivity contribution in [3.8, 4) is 0 Å². The topological polar surface area (TPSA) is 94.5 Å². The van der Waals surface area contributed by atoms with Gasteiger partial charge in [0.05, 0.1) is 5.52 Å². The van der Waals surface area contributed by atoms with Crippen LogP contribution in [0.2, 0.25) is 0 Å². The molecular weight excluding hydrogens is 360 g/mol. The third-order valence-corrected chi connectivity index (χ3v) is 4.64. The SMILES string of the molecule is CCn1c(=O)oc2cc(NC(=O)c3c(C)cc(CCC(C)C)oc3=O)ccc21. The number of hydrogen-bond donors (Lipinski definition) is 1. The van der Waals surface area contributed by atoms with E-state index in [-0.39, 0.29) is 5.56 Å². The lowest BCUT2D eigenvalue weighted by molar-refractivity contribution is 0.102. The molecule has 7 heteroatoms. The van der Waals surface area contributed by atoms with E-state index >= 15 is 0 Å². The van der Waals surface area contributed by atoms with Crippen molar-refractivity contribution < 1.29 is 13.6 Å². The zero-order chi connectivity index (χ0) is 20.4. The number of aromatic nitrogens is 1. The summed E-state index contributed by atoms with van der Waals surface area (Å²) >= 11 is 0. The molecule has 0 bridgehead atoms. The Balaban J connectivity index is 1.86. The Hall–Kier alpha value is -3.09. The minimum atomic E-state index is -0.652. The molecule has 3 rings (SSSR count). The summed E-state index contributed by atoms with van der Waals surface area (Å²) in [4.78, 5) is 36.8. The van der Waals surface area contributed by atoms with Gasteiger partial charge in [-0.2, -0.15) is 0 Å². The summed E-state index contributed by atoms with van der Waals surface area (Å²) in [5, 5.41) is 2.68. The number of carbonyl (C=O) groups is 1. The second kappa shape index (κ2) is 7.88. The first-order valence-corrected chi connectivity index (χ1v) is 9.38. The van der Waals surface area contributed by atoms with Crippen LogP contribution in [0.25, 0.3) is 11.1 Å². The van der Waals surface area contributed by atoms with Crippen LogP contribution in [0.4, 0.5) is 5.69 Å². The molecule has 0 saturated heterocycles. The van der Waals surface area contributed by atoms with E-state index in [1.54, 1.807) is 31.2 Å². The molecule has 0 aliphatic heterocycles. The van der Waals surface area contributed by atoms with Crippen LogP contribution in [0.15, 0.2) is 42.7 Å². The van der Waals surface area contributed by atoms with E-state index in [2.05, 4.69) is 19.2 Å². The Morgan fingerprint density at radius 1 is 1.18 bits per heavy atom.